The molecule has 0 aromatic heterocycles. The Morgan fingerprint density at radius 2 is 1.81 bits per heavy atom. The lowest BCUT2D eigenvalue weighted by Gasteiger charge is -2.18. The van der Waals surface area contributed by atoms with Crippen molar-refractivity contribution in [3.05, 3.63) is 65.2 Å². The molecule has 5 heteroatoms. The van der Waals surface area contributed by atoms with Gasteiger partial charge in [0.2, 0.25) is 0 Å². The van der Waals surface area contributed by atoms with Crippen LogP contribution in [0.5, 0.6) is 0 Å². The number of aliphatic hydroxyl groups excluding tert-OH is 1. The van der Waals surface area contributed by atoms with Gasteiger partial charge >= 0.3 is 6.03 Å². The van der Waals surface area contributed by atoms with Crippen LogP contribution in [0.25, 0.3) is 0 Å². The molecule has 27 heavy (non-hydrogen) atoms. The molecule has 0 saturated carbocycles. The highest BCUT2D eigenvalue weighted by Gasteiger charge is 2.31. The average molecular weight is 365 g/mol. The van der Waals surface area contributed by atoms with Crippen LogP contribution in [0.4, 0.5) is 10.5 Å². The van der Waals surface area contributed by atoms with Crippen molar-refractivity contribution in [3.8, 4) is 0 Å². The molecule has 2 amide bonds. The molecule has 1 heterocycles. The lowest BCUT2D eigenvalue weighted by molar-refractivity contribution is 0.144. The molecular weight excluding hydrogens is 338 g/mol. The van der Waals surface area contributed by atoms with Crippen molar-refractivity contribution in [1.82, 2.24) is 10.2 Å². The summed E-state index contributed by atoms with van der Waals surface area (Å²) < 4.78 is 0. The van der Waals surface area contributed by atoms with Gasteiger partial charge in [0.1, 0.15) is 0 Å². The Labute approximate surface area is 160 Å². The number of nitrogens with one attached hydrogen (secondary N) is 2. The Hall–Kier alpha value is -2.37. The maximum Gasteiger partial charge on any atom is 0.319 e. The maximum atomic E-state index is 12.4. The van der Waals surface area contributed by atoms with Crippen molar-refractivity contribution in [2.75, 3.05) is 25.0 Å². The molecule has 0 unspecified atom stereocenters. The number of aliphatic hydroxyl groups is 1. The van der Waals surface area contributed by atoms with E-state index in [1.54, 1.807) is 0 Å². The van der Waals surface area contributed by atoms with Crippen LogP contribution in [0.15, 0.2) is 48.5 Å². The molecule has 2 aromatic rings. The molecule has 0 bridgehead atoms. The molecule has 5 nitrogen and oxygen atoms in total. The third kappa shape index (κ3) is 4.31. The van der Waals surface area contributed by atoms with Crippen molar-refractivity contribution >= 4 is 11.7 Å². The summed E-state index contributed by atoms with van der Waals surface area (Å²) in [6, 6.07) is 15.2. The largest absolute Gasteiger partial charge is 0.390 e. The SMILES string of the molecule is O=C(Nc1ccc(CCN2CCCC2)cc1)N[C@@H]1c2ccccc2C[C@@H]1O. The molecule has 2 aliphatic rings. The number of amides is 2. The Morgan fingerprint density at radius 1 is 1.07 bits per heavy atom. The summed E-state index contributed by atoms with van der Waals surface area (Å²) in [5.74, 6) is 0. The van der Waals surface area contributed by atoms with E-state index in [1.807, 2.05) is 36.4 Å². The highest BCUT2D eigenvalue weighted by molar-refractivity contribution is 5.89. The second kappa shape index (κ2) is 8.11. The molecule has 1 aliphatic carbocycles. The van der Waals surface area contributed by atoms with Crippen LogP contribution in [-0.2, 0) is 12.8 Å². The highest BCUT2D eigenvalue weighted by atomic mass is 16.3. The number of urea groups is 1. The van der Waals surface area contributed by atoms with Gasteiger partial charge in [0, 0.05) is 18.7 Å². The molecule has 0 spiro atoms. The predicted octanol–water partition coefficient (Wildman–Crippen LogP) is 3.10. The number of benzene rings is 2. The van der Waals surface area contributed by atoms with Gasteiger partial charge in [-0.15, -0.1) is 0 Å². The minimum Gasteiger partial charge on any atom is -0.390 e. The zero-order valence-corrected chi connectivity index (χ0v) is 15.5. The predicted molar refractivity (Wildman–Crippen MR) is 107 cm³/mol. The summed E-state index contributed by atoms with van der Waals surface area (Å²) in [4.78, 5) is 14.9. The van der Waals surface area contributed by atoms with Gasteiger partial charge in [-0.3, -0.25) is 0 Å². The van der Waals surface area contributed by atoms with E-state index in [-0.39, 0.29) is 12.1 Å². The summed E-state index contributed by atoms with van der Waals surface area (Å²) >= 11 is 0. The summed E-state index contributed by atoms with van der Waals surface area (Å²) in [5.41, 5.74) is 4.14. The zero-order chi connectivity index (χ0) is 18.6. The number of fused-ring (bicyclic) bond motifs is 1. The third-order valence-electron chi connectivity index (χ3n) is 5.62. The van der Waals surface area contributed by atoms with E-state index in [0.717, 1.165) is 29.8 Å². The van der Waals surface area contributed by atoms with Crippen LogP contribution >= 0.6 is 0 Å². The standard InChI is InChI=1S/C22H27N3O2/c26-20-15-17-5-1-2-6-19(17)21(20)24-22(27)23-18-9-7-16(8-10-18)11-14-25-12-3-4-13-25/h1-2,5-10,20-21,26H,3-4,11-15H2,(H2,23,24,27)/t20-,21+/m0/s1. The van der Waals surface area contributed by atoms with Crippen LogP contribution in [0.3, 0.4) is 0 Å². The molecule has 2 atom stereocenters. The van der Waals surface area contributed by atoms with E-state index in [0.29, 0.717) is 6.42 Å². The first kappa shape index (κ1) is 18.0. The topological polar surface area (TPSA) is 64.6 Å². The number of carbonyl (C=O) groups excluding carboxylic acids is 1. The van der Waals surface area contributed by atoms with E-state index in [1.165, 1.54) is 31.5 Å². The van der Waals surface area contributed by atoms with Gasteiger partial charge in [0.25, 0.3) is 0 Å². The Kier molecular flexibility index (Phi) is 5.41. The van der Waals surface area contributed by atoms with Crippen LogP contribution in [0.2, 0.25) is 0 Å². The van der Waals surface area contributed by atoms with Gasteiger partial charge < -0.3 is 20.6 Å². The highest BCUT2D eigenvalue weighted by Crippen LogP contribution is 2.31. The molecule has 0 radical (unpaired) electrons. The van der Waals surface area contributed by atoms with E-state index >= 15 is 0 Å². The van der Waals surface area contributed by atoms with Gasteiger partial charge in [0.05, 0.1) is 12.1 Å². The first-order valence-electron chi connectivity index (χ1n) is 9.84. The van der Waals surface area contributed by atoms with Gasteiger partial charge in [-0.2, -0.15) is 0 Å². The zero-order valence-electron chi connectivity index (χ0n) is 15.5. The lowest BCUT2D eigenvalue weighted by atomic mass is 10.1. The number of anilines is 1. The number of hydrogen-bond donors (Lipinski definition) is 3. The Balaban J connectivity index is 1.30. The van der Waals surface area contributed by atoms with Crippen molar-refractivity contribution < 1.29 is 9.90 Å². The first-order chi connectivity index (χ1) is 13.2. The third-order valence-corrected chi connectivity index (χ3v) is 5.62. The van der Waals surface area contributed by atoms with Gasteiger partial charge in [-0.05, 0) is 61.2 Å². The average Bonchev–Trinajstić information content (AvgIpc) is 3.30. The molecular formula is C22H27N3O2. The molecule has 142 valence electrons. The minimum absolute atomic E-state index is 0.291. The number of nitrogens with zero attached hydrogens (tertiary/aromatic N) is 1. The summed E-state index contributed by atoms with van der Waals surface area (Å²) in [5, 5.41) is 16.0. The Morgan fingerprint density at radius 3 is 2.59 bits per heavy atom. The smallest absolute Gasteiger partial charge is 0.319 e. The van der Waals surface area contributed by atoms with E-state index in [9.17, 15) is 9.90 Å². The molecule has 2 aromatic carbocycles. The summed E-state index contributed by atoms with van der Waals surface area (Å²) in [6.45, 7) is 3.54. The number of rotatable bonds is 5. The number of likely N-dealkylation sites (tertiary alicyclic amines) is 1. The van der Waals surface area contributed by atoms with Gasteiger partial charge in [0.15, 0.2) is 0 Å². The van der Waals surface area contributed by atoms with E-state index in [4.69, 9.17) is 0 Å². The number of hydrogen-bond acceptors (Lipinski definition) is 3. The monoisotopic (exact) mass is 365 g/mol. The minimum atomic E-state index is -0.582. The fraction of sp³-hybridized carbons (Fsp3) is 0.409. The van der Waals surface area contributed by atoms with Gasteiger partial charge in [-0.25, -0.2) is 4.79 Å². The number of carbonyl (C=O) groups is 1. The normalized spacial score (nSPS) is 21.8. The molecule has 4 rings (SSSR count). The maximum absolute atomic E-state index is 12.4. The van der Waals surface area contributed by atoms with Crippen LogP contribution < -0.4 is 10.6 Å². The first-order valence-corrected chi connectivity index (χ1v) is 9.84. The van der Waals surface area contributed by atoms with Crippen LogP contribution in [-0.4, -0.2) is 41.8 Å². The van der Waals surface area contributed by atoms with E-state index in [2.05, 4.69) is 27.7 Å². The quantitative estimate of drug-likeness (QED) is 0.763. The van der Waals surface area contributed by atoms with E-state index < -0.39 is 6.10 Å². The molecule has 3 N–H and O–H groups in total. The molecule has 1 aliphatic heterocycles. The van der Waals surface area contributed by atoms with Crippen molar-refractivity contribution in [2.24, 2.45) is 0 Å². The van der Waals surface area contributed by atoms with Crippen LogP contribution in [0.1, 0.15) is 35.6 Å². The molecule has 1 fully saturated rings. The lowest BCUT2D eigenvalue weighted by Crippen LogP contribution is -2.36. The summed E-state index contributed by atoms with van der Waals surface area (Å²) in [7, 11) is 0. The van der Waals surface area contributed by atoms with Crippen molar-refractivity contribution in [3.63, 3.8) is 0 Å². The second-order valence-electron chi connectivity index (χ2n) is 7.54. The Bertz CT molecular complexity index is 784. The summed E-state index contributed by atoms with van der Waals surface area (Å²) in [6.07, 6.45) is 3.67. The van der Waals surface area contributed by atoms with Crippen LogP contribution in [0, 0.1) is 0 Å². The fourth-order valence-corrected chi connectivity index (χ4v) is 4.10. The second-order valence-corrected chi connectivity index (χ2v) is 7.54. The molecule has 1 saturated heterocycles. The van der Waals surface area contributed by atoms with Crippen molar-refractivity contribution in [1.29, 1.82) is 0 Å². The fourth-order valence-electron chi connectivity index (χ4n) is 4.10. The van der Waals surface area contributed by atoms with Gasteiger partial charge in [-0.1, -0.05) is 36.4 Å². The van der Waals surface area contributed by atoms with Crippen molar-refractivity contribution in [2.45, 2.75) is 37.8 Å².